The maximum Gasteiger partial charge on any atom is 0.227 e. The van der Waals surface area contributed by atoms with Gasteiger partial charge in [0.2, 0.25) is 5.91 Å². The first kappa shape index (κ1) is 23.3. The molecule has 5 nitrogen and oxygen atoms in total. The molecule has 0 radical (unpaired) electrons. The third-order valence-corrected chi connectivity index (χ3v) is 6.63. The number of aliphatic hydroxyl groups is 1. The number of fused-ring (bicyclic) bond motifs is 2. The van der Waals surface area contributed by atoms with Crippen LogP contribution in [0.1, 0.15) is 42.9 Å². The number of benzene rings is 2. The number of carbonyl (C=O) groups excluding carboxylic acids is 1. The van der Waals surface area contributed by atoms with Gasteiger partial charge in [0.1, 0.15) is 0 Å². The summed E-state index contributed by atoms with van der Waals surface area (Å²) in [6.07, 6.45) is 4.16. The number of nitrogens with zero attached hydrogens (tertiary/aromatic N) is 2. The molecule has 2 aromatic carbocycles. The highest BCUT2D eigenvalue weighted by atomic mass is 35.5. The summed E-state index contributed by atoms with van der Waals surface area (Å²) in [6, 6.07) is 21.9. The molecule has 0 aromatic heterocycles. The van der Waals surface area contributed by atoms with Crippen LogP contribution < -0.4 is 5.32 Å². The summed E-state index contributed by atoms with van der Waals surface area (Å²) in [4.78, 5) is 15.1. The number of hydrogen-bond donors (Lipinski definition) is 2. The van der Waals surface area contributed by atoms with E-state index in [1.807, 2.05) is 60.7 Å². The zero-order chi connectivity index (χ0) is 20.9. The lowest BCUT2D eigenvalue weighted by atomic mass is 9.84. The van der Waals surface area contributed by atoms with Crippen LogP contribution >= 0.6 is 12.4 Å². The summed E-state index contributed by atoms with van der Waals surface area (Å²) in [5.74, 6) is 0.386. The predicted molar refractivity (Wildman–Crippen MR) is 123 cm³/mol. The quantitative estimate of drug-likeness (QED) is 0.690. The number of nitrogens with one attached hydrogen (secondary N) is 1. The van der Waals surface area contributed by atoms with Gasteiger partial charge in [-0.1, -0.05) is 60.7 Å². The Bertz CT molecular complexity index is 873. The fraction of sp³-hybridized carbons (Fsp3) is 0.440. The number of carbonyl (C=O) groups is 1. The van der Waals surface area contributed by atoms with E-state index < -0.39 is 0 Å². The van der Waals surface area contributed by atoms with E-state index in [0.717, 1.165) is 36.8 Å². The average molecular weight is 440 g/mol. The number of amides is 1. The molecule has 0 aliphatic carbocycles. The summed E-state index contributed by atoms with van der Waals surface area (Å²) in [5.41, 5.74) is 2.04. The molecule has 0 spiro atoms. The Labute approximate surface area is 190 Å². The van der Waals surface area contributed by atoms with E-state index in [0.29, 0.717) is 6.42 Å². The Kier molecular flexibility index (Phi) is 8.09. The van der Waals surface area contributed by atoms with Crippen LogP contribution in [-0.2, 0) is 11.2 Å². The van der Waals surface area contributed by atoms with Crippen LogP contribution in [0.4, 0.5) is 0 Å². The van der Waals surface area contributed by atoms with Gasteiger partial charge in [-0.3, -0.25) is 10.1 Å². The molecule has 6 heteroatoms. The summed E-state index contributed by atoms with van der Waals surface area (Å²) >= 11 is 0. The highest BCUT2D eigenvalue weighted by Crippen LogP contribution is 2.40. The molecule has 2 aliphatic heterocycles. The van der Waals surface area contributed by atoms with Crippen LogP contribution in [0.2, 0.25) is 0 Å². The van der Waals surface area contributed by atoms with Gasteiger partial charge >= 0.3 is 0 Å². The summed E-state index contributed by atoms with van der Waals surface area (Å²) in [7, 11) is 0. The second kappa shape index (κ2) is 10.8. The first-order valence-corrected chi connectivity index (χ1v) is 10.9. The van der Waals surface area contributed by atoms with Crippen molar-refractivity contribution in [1.82, 2.24) is 10.2 Å². The number of hydrogen-bond acceptors (Lipinski definition) is 4. The molecule has 2 heterocycles. The predicted octanol–water partition coefficient (Wildman–Crippen LogP) is 3.64. The second-order valence-corrected chi connectivity index (χ2v) is 8.50. The summed E-state index contributed by atoms with van der Waals surface area (Å²) in [5, 5.41) is 23.1. The number of halogens is 1. The maximum atomic E-state index is 13.0. The third-order valence-electron chi connectivity index (χ3n) is 6.63. The smallest absolute Gasteiger partial charge is 0.227 e. The Morgan fingerprint density at radius 2 is 1.65 bits per heavy atom. The van der Waals surface area contributed by atoms with Gasteiger partial charge in [0.05, 0.1) is 31.2 Å². The topological polar surface area (TPSA) is 76.4 Å². The van der Waals surface area contributed by atoms with Crippen LogP contribution in [-0.4, -0.2) is 40.6 Å². The van der Waals surface area contributed by atoms with Gasteiger partial charge in [-0.25, -0.2) is 0 Å². The van der Waals surface area contributed by atoms with Crippen LogP contribution in [0.25, 0.3) is 0 Å². The molecule has 2 bridgehead atoms. The van der Waals surface area contributed by atoms with Crippen LogP contribution in [0.15, 0.2) is 60.7 Å². The van der Waals surface area contributed by atoms with Gasteiger partial charge in [-0.2, -0.15) is 5.26 Å². The molecular formula is C25H30ClN3O2. The Morgan fingerprint density at radius 1 is 1.06 bits per heavy atom. The lowest BCUT2D eigenvalue weighted by Crippen LogP contribution is -2.51. The fourth-order valence-corrected chi connectivity index (χ4v) is 5.20. The molecule has 2 N–H and O–H groups in total. The molecule has 2 fully saturated rings. The normalized spacial score (nSPS) is 24.0. The molecule has 1 amide bonds. The third kappa shape index (κ3) is 5.27. The number of rotatable bonds is 7. The van der Waals surface area contributed by atoms with Crippen molar-refractivity contribution in [2.75, 3.05) is 6.61 Å². The van der Waals surface area contributed by atoms with Crippen molar-refractivity contribution in [3.8, 4) is 6.07 Å². The Hall–Kier alpha value is -2.39. The molecule has 2 aliphatic rings. The molecule has 2 saturated heterocycles. The van der Waals surface area contributed by atoms with Gasteiger partial charge in [0.25, 0.3) is 0 Å². The minimum Gasteiger partial charge on any atom is -0.394 e. The molecule has 4 rings (SSSR count). The monoisotopic (exact) mass is 439 g/mol. The van der Waals surface area contributed by atoms with Crippen LogP contribution in [0, 0.1) is 17.2 Å². The van der Waals surface area contributed by atoms with Crippen LogP contribution in [0.5, 0.6) is 0 Å². The van der Waals surface area contributed by atoms with Gasteiger partial charge in [-0.05, 0) is 42.7 Å². The van der Waals surface area contributed by atoms with E-state index in [1.54, 1.807) is 0 Å². The average Bonchev–Trinajstić information content (AvgIpc) is 3.06. The standard InChI is InChI=1S/C25H29N3O2.ClH/c26-16-23(27-24(17-29)19-9-5-2-6-10-19)20-14-21-11-12-22(15-20)28(21)25(30)13-18-7-3-1-4-8-18;/h1-10,20-24,27,29H,11-15,17H2;1H/t20?,21-,22+,23-,24+;/m1./s1. The van der Waals surface area contributed by atoms with Crippen molar-refractivity contribution in [3.63, 3.8) is 0 Å². The number of nitriles is 1. The maximum absolute atomic E-state index is 13.0. The molecule has 1 unspecified atom stereocenters. The summed E-state index contributed by atoms with van der Waals surface area (Å²) < 4.78 is 0. The van der Waals surface area contributed by atoms with E-state index in [2.05, 4.69) is 16.3 Å². The zero-order valence-corrected chi connectivity index (χ0v) is 18.4. The zero-order valence-electron chi connectivity index (χ0n) is 17.6. The molecule has 0 saturated carbocycles. The van der Waals surface area contributed by atoms with E-state index >= 15 is 0 Å². The molecule has 164 valence electrons. The first-order chi connectivity index (χ1) is 14.7. The van der Waals surface area contributed by atoms with Gasteiger partial charge in [0, 0.05) is 12.1 Å². The largest absolute Gasteiger partial charge is 0.394 e. The van der Waals surface area contributed by atoms with Gasteiger partial charge < -0.3 is 10.0 Å². The minimum atomic E-state index is -0.336. The molecule has 31 heavy (non-hydrogen) atoms. The van der Waals surface area contributed by atoms with Crippen molar-refractivity contribution >= 4 is 18.3 Å². The van der Waals surface area contributed by atoms with E-state index in [-0.39, 0.29) is 55.0 Å². The number of piperidine rings is 1. The molecule has 2 aromatic rings. The number of aliphatic hydroxyl groups excluding tert-OH is 1. The van der Waals surface area contributed by atoms with Gasteiger partial charge in [-0.15, -0.1) is 12.4 Å². The Balaban J connectivity index is 0.00000272. The summed E-state index contributed by atoms with van der Waals surface area (Å²) in [6.45, 7) is -0.0521. The minimum absolute atomic E-state index is 0. The fourth-order valence-electron chi connectivity index (χ4n) is 5.20. The molecular weight excluding hydrogens is 410 g/mol. The van der Waals surface area contributed by atoms with E-state index in [9.17, 15) is 15.2 Å². The van der Waals surface area contributed by atoms with Crippen molar-refractivity contribution in [2.45, 2.75) is 56.3 Å². The van der Waals surface area contributed by atoms with Crippen molar-refractivity contribution in [2.24, 2.45) is 5.92 Å². The van der Waals surface area contributed by atoms with Crippen LogP contribution in [0.3, 0.4) is 0 Å². The lowest BCUT2D eigenvalue weighted by Gasteiger charge is -2.41. The first-order valence-electron chi connectivity index (χ1n) is 10.9. The van der Waals surface area contributed by atoms with Crippen molar-refractivity contribution in [1.29, 1.82) is 5.26 Å². The van der Waals surface area contributed by atoms with Crippen molar-refractivity contribution < 1.29 is 9.90 Å². The highest BCUT2D eigenvalue weighted by Gasteiger charge is 2.45. The van der Waals surface area contributed by atoms with E-state index in [1.165, 1.54) is 0 Å². The molecule has 5 atom stereocenters. The van der Waals surface area contributed by atoms with Crippen molar-refractivity contribution in [3.05, 3.63) is 71.8 Å². The highest BCUT2D eigenvalue weighted by molar-refractivity contribution is 5.85. The second-order valence-electron chi connectivity index (χ2n) is 8.50. The van der Waals surface area contributed by atoms with Gasteiger partial charge in [0.15, 0.2) is 0 Å². The SMILES string of the molecule is Cl.N#C[C@@H](N[C@@H](CO)c1ccccc1)C1C[C@H]2CC[C@@H](C1)N2C(=O)Cc1ccccc1. The Morgan fingerprint density at radius 3 is 2.19 bits per heavy atom. The lowest BCUT2D eigenvalue weighted by molar-refractivity contribution is -0.135. The van der Waals surface area contributed by atoms with E-state index in [4.69, 9.17) is 0 Å².